The fourth-order valence-electron chi connectivity index (χ4n) is 2.13. The lowest BCUT2D eigenvalue weighted by atomic mass is 10.2. The minimum absolute atomic E-state index is 0.293. The van der Waals surface area contributed by atoms with Crippen molar-refractivity contribution < 1.29 is 14.2 Å². The molecule has 0 saturated carbocycles. The molecule has 106 valence electrons. The summed E-state index contributed by atoms with van der Waals surface area (Å²) in [5.74, 6) is 1.57. The molecule has 0 radical (unpaired) electrons. The maximum Gasteiger partial charge on any atom is 0.231 e. The van der Waals surface area contributed by atoms with Gasteiger partial charge in [-0.3, -0.25) is 4.68 Å². The van der Waals surface area contributed by atoms with E-state index in [0.29, 0.717) is 20.0 Å². The zero-order chi connectivity index (χ0) is 14.1. The number of nitrogens with zero attached hydrogens (tertiary/aromatic N) is 2. The van der Waals surface area contributed by atoms with Gasteiger partial charge in [-0.2, -0.15) is 5.10 Å². The van der Waals surface area contributed by atoms with Gasteiger partial charge in [-0.1, -0.05) is 6.07 Å². The minimum atomic E-state index is 0.293. The molecule has 1 aliphatic rings. The molecule has 2 heterocycles. The third kappa shape index (κ3) is 2.53. The van der Waals surface area contributed by atoms with Gasteiger partial charge >= 0.3 is 0 Å². The number of hydrogen-bond acceptors (Lipinski definition) is 4. The quantitative estimate of drug-likeness (QED) is 0.859. The van der Waals surface area contributed by atoms with Crippen LogP contribution in [0.5, 0.6) is 11.5 Å². The fourth-order valence-corrected chi connectivity index (χ4v) is 2.58. The summed E-state index contributed by atoms with van der Waals surface area (Å²) in [5, 5.41) is 4.34. The summed E-state index contributed by atoms with van der Waals surface area (Å²) >= 11 is 3.53. The van der Waals surface area contributed by atoms with Crippen LogP contribution in [0.25, 0.3) is 0 Å². The number of halogens is 1. The molecule has 1 aromatic heterocycles. The molecule has 0 saturated heterocycles. The summed E-state index contributed by atoms with van der Waals surface area (Å²) in [4.78, 5) is 0. The van der Waals surface area contributed by atoms with Crippen LogP contribution in [-0.2, 0) is 25.0 Å². The molecule has 0 fully saturated rings. The van der Waals surface area contributed by atoms with Crippen molar-refractivity contribution >= 4 is 15.9 Å². The van der Waals surface area contributed by atoms with E-state index in [0.717, 1.165) is 32.9 Å². The largest absolute Gasteiger partial charge is 0.454 e. The maximum atomic E-state index is 5.75. The van der Waals surface area contributed by atoms with E-state index in [1.807, 2.05) is 36.9 Å². The highest BCUT2D eigenvalue weighted by molar-refractivity contribution is 9.10. The second-order valence-electron chi connectivity index (χ2n) is 4.65. The molecule has 5 nitrogen and oxygen atoms in total. The highest BCUT2D eigenvalue weighted by atomic mass is 79.9. The lowest BCUT2D eigenvalue weighted by molar-refractivity contribution is 0.101. The average Bonchev–Trinajstić information content (AvgIpc) is 2.98. The standard InChI is InChI=1S/C14H15BrN2O3/c1-9-14(15)11(17(2)16-9)7-18-6-10-3-4-12-13(5-10)20-8-19-12/h3-5H,6-8H2,1-2H3. The van der Waals surface area contributed by atoms with Gasteiger partial charge in [0, 0.05) is 7.05 Å². The molecule has 1 aliphatic heterocycles. The van der Waals surface area contributed by atoms with Crippen molar-refractivity contribution in [3.05, 3.63) is 39.6 Å². The van der Waals surface area contributed by atoms with E-state index in [9.17, 15) is 0 Å². The van der Waals surface area contributed by atoms with Gasteiger partial charge in [-0.15, -0.1) is 0 Å². The monoisotopic (exact) mass is 338 g/mol. The first-order valence-corrected chi connectivity index (χ1v) is 7.08. The molecular weight excluding hydrogens is 324 g/mol. The number of benzene rings is 1. The van der Waals surface area contributed by atoms with Crippen LogP contribution in [-0.4, -0.2) is 16.6 Å². The molecule has 20 heavy (non-hydrogen) atoms. The molecule has 0 spiro atoms. The van der Waals surface area contributed by atoms with Crippen LogP contribution >= 0.6 is 15.9 Å². The Morgan fingerprint density at radius 1 is 1.30 bits per heavy atom. The number of ether oxygens (including phenoxy) is 3. The van der Waals surface area contributed by atoms with E-state index in [1.54, 1.807) is 0 Å². The molecule has 2 aromatic rings. The van der Waals surface area contributed by atoms with Crippen molar-refractivity contribution in [3.8, 4) is 11.5 Å². The predicted octanol–water partition coefficient (Wildman–Crippen LogP) is 2.94. The number of aryl methyl sites for hydroxylation is 2. The second kappa shape index (κ2) is 5.46. The third-order valence-corrected chi connectivity index (χ3v) is 4.24. The SMILES string of the molecule is Cc1nn(C)c(COCc2ccc3c(c2)OCO3)c1Br. The Hall–Kier alpha value is -1.53. The summed E-state index contributed by atoms with van der Waals surface area (Å²) in [6, 6.07) is 5.84. The van der Waals surface area contributed by atoms with Gasteiger partial charge in [-0.05, 0) is 40.5 Å². The summed E-state index contributed by atoms with van der Waals surface area (Å²) < 4.78 is 19.2. The van der Waals surface area contributed by atoms with Crippen LogP contribution in [0.1, 0.15) is 17.0 Å². The summed E-state index contributed by atoms with van der Waals surface area (Å²) in [6.45, 7) is 3.28. The Balaban J connectivity index is 1.63. The lowest BCUT2D eigenvalue weighted by Crippen LogP contribution is -2.02. The smallest absolute Gasteiger partial charge is 0.231 e. The van der Waals surface area contributed by atoms with Gasteiger partial charge in [0.1, 0.15) is 0 Å². The predicted molar refractivity (Wildman–Crippen MR) is 76.7 cm³/mol. The van der Waals surface area contributed by atoms with Gasteiger partial charge in [0.25, 0.3) is 0 Å². The van der Waals surface area contributed by atoms with Crippen LogP contribution in [0.3, 0.4) is 0 Å². The highest BCUT2D eigenvalue weighted by Gasteiger charge is 2.14. The van der Waals surface area contributed by atoms with Crippen LogP contribution in [0.15, 0.2) is 22.7 Å². The van der Waals surface area contributed by atoms with Gasteiger partial charge in [0.2, 0.25) is 6.79 Å². The molecule has 6 heteroatoms. The lowest BCUT2D eigenvalue weighted by Gasteiger charge is -2.06. The molecule has 0 aliphatic carbocycles. The highest BCUT2D eigenvalue weighted by Crippen LogP contribution is 2.32. The molecule has 0 N–H and O–H groups in total. The van der Waals surface area contributed by atoms with E-state index in [2.05, 4.69) is 21.0 Å². The number of aromatic nitrogens is 2. The zero-order valence-corrected chi connectivity index (χ0v) is 12.9. The van der Waals surface area contributed by atoms with Crippen LogP contribution in [0.4, 0.5) is 0 Å². The van der Waals surface area contributed by atoms with E-state index in [-0.39, 0.29) is 0 Å². The zero-order valence-electron chi connectivity index (χ0n) is 11.4. The van der Waals surface area contributed by atoms with Crippen molar-refractivity contribution in [2.75, 3.05) is 6.79 Å². The molecule has 1 aromatic carbocycles. The molecule has 0 unspecified atom stereocenters. The van der Waals surface area contributed by atoms with E-state index in [4.69, 9.17) is 14.2 Å². The normalized spacial score (nSPS) is 12.9. The Morgan fingerprint density at radius 2 is 2.10 bits per heavy atom. The Labute approximate surface area is 125 Å². The van der Waals surface area contributed by atoms with Gasteiger partial charge < -0.3 is 14.2 Å². The molecule has 3 rings (SSSR count). The Morgan fingerprint density at radius 3 is 2.85 bits per heavy atom. The minimum Gasteiger partial charge on any atom is -0.454 e. The van der Waals surface area contributed by atoms with Gasteiger partial charge in [-0.25, -0.2) is 0 Å². The van der Waals surface area contributed by atoms with Crippen LogP contribution in [0.2, 0.25) is 0 Å². The van der Waals surface area contributed by atoms with Crippen LogP contribution in [0, 0.1) is 6.92 Å². The first-order valence-electron chi connectivity index (χ1n) is 6.29. The van der Waals surface area contributed by atoms with Crippen LogP contribution < -0.4 is 9.47 Å². The second-order valence-corrected chi connectivity index (χ2v) is 5.44. The van der Waals surface area contributed by atoms with Crippen molar-refractivity contribution in [1.29, 1.82) is 0 Å². The number of hydrogen-bond donors (Lipinski definition) is 0. The van der Waals surface area contributed by atoms with Crippen molar-refractivity contribution in [3.63, 3.8) is 0 Å². The third-order valence-electron chi connectivity index (χ3n) is 3.21. The maximum absolute atomic E-state index is 5.75. The van der Waals surface area contributed by atoms with Crippen molar-refractivity contribution in [2.24, 2.45) is 7.05 Å². The molecular formula is C14H15BrN2O3. The van der Waals surface area contributed by atoms with Crippen molar-refractivity contribution in [2.45, 2.75) is 20.1 Å². The number of rotatable bonds is 4. The summed E-state index contributed by atoms with van der Waals surface area (Å²) in [7, 11) is 1.91. The molecule has 0 atom stereocenters. The van der Waals surface area contributed by atoms with E-state index in [1.165, 1.54) is 0 Å². The van der Waals surface area contributed by atoms with Gasteiger partial charge in [0.15, 0.2) is 11.5 Å². The molecule has 0 bridgehead atoms. The topological polar surface area (TPSA) is 45.5 Å². The van der Waals surface area contributed by atoms with Crippen molar-refractivity contribution in [1.82, 2.24) is 9.78 Å². The Bertz CT molecular complexity index is 640. The van der Waals surface area contributed by atoms with E-state index >= 15 is 0 Å². The fraction of sp³-hybridized carbons (Fsp3) is 0.357. The summed E-state index contributed by atoms with van der Waals surface area (Å²) in [6.07, 6.45) is 0. The average molecular weight is 339 g/mol. The first-order chi connectivity index (χ1) is 9.65. The van der Waals surface area contributed by atoms with Gasteiger partial charge in [0.05, 0.1) is 29.1 Å². The number of fused-ring (bicyclic) bond motifs is 1. The molecule has 0 amide bonds. The Kier molecular flexibility index (Phi) is 3.67. The summed E-state index contributed by atoms with van der Waals surface area (Å²) in [5.41, 5.74) is 3.06. The van der Waals surface area contributed by atoms with E-state index < -0.39 is 0 Å². The first kappa shape index (κ1) is 13.5.